The molecule has 1 aromatic carbocycles. The Morgan fingerprint density at radius 3 is 3.18 bits per heavy atom. The highest BCUT2D eigenvalue weighted by atomic mass is 16.5. The lowest BCUT2D eigenvalue weighted by atomic mass is 10.2. The number of carbonyl (C=O) groups excluding carboxylic acids is 1. The van der Waals surface area contributed by atoms with E-state index in [2.05, 4.69) is 20.5 Å². The molecule has 110 valence electrons. The monoisotopic (exact) mass is 295 g/mol. The zero-order valence-corrected chi connectivity index (χ0v) is 11.8. The normalized spacial score (nSPS) is 13.9. The minimum absolute atomic E-state index is 0.0554. The van der Waals surface area contributed by atoms with Crippen LogP contribution < -0.4 is 15.0 Å². The van der Waals surface area contributed by atoms with Crippen molar-refractivity contribution in [3.8, 4) is 5.75 Å². The number of nitrogens with zero attached hydrogens (tertiary/aromatic N) is 3. The first kappa shape index (κ1) is 12.6. The number of anilines is 3. The Bertz CT molecular complexity index is 873. The maximum Gasteiger partial charge on any atom is 0.264 e. The molecule has 7 nitrogen and oxygen atoms in total. The van der Waals surface area contributed by atoms with Gasteiger partial charge in [-0.3, -0.25) is 14.9 Å². The van der Waals surface area contributed by atoms with Crippen molar-refractivity contribution in [3.63, 3.8) is 0 Å². The van der Waals surface area contributed by atoms with Crippen molar-refractivity contribution in [2.24, 2.45) is 0 Å². The maximum atomic E-state index is 11.6. The van der Waals surface area contributed by atoms with Crippen molar-refractivity contribution in [2.45, 2.75) is 0 Å². The molecule has 3 heterocycles. The average Bonchev–Trinajstić information content (AvgIpc) is 2.94. The summed E-state index contributed by atoms with van der Waals surface area (Å²) in [5.74, 6) is 1.26. The van der Waals surface area contributed by atoms with Crippen molar-refractivity contribution < 1.29 is 9.53 Å². The van der Waals surface area contributed by atoms with Gasteiger partial charge in [0.2, 0.25) is 0 Å². The van der Waals surface area contributed by atoms with Crippen LogP contribution in [0.1, 0.15) is 0 Å². The van der Waals surface area contributed by atoms with Crippen LogP contribution in [0, 0.1) is 0 Å². The minimum Gasteiger partial charge on any atom is -0.481 e. The summed E-state index contributed by atoms with van der Waals surface area (Å²) in [4.78, 5) is 17.5. The molecule has 2 N–H and O–H groups in total. The van der Waals surface area contributed by atoms with Crippen LogP contribution in [0.5, 0.6) is 5.75 Å². The van der Waals surface area contributed by atoms with Gasteiger partial charge < -0.3 is 15.0 Å². The number of amides is 1. The number of hydrogen-bond donors (Lipinski definition) is 2. The first-order valence-electron chi connectivity index (χ1n) is 6.82. The highest BCUT2D eigenvalue weighted by Crippen LogP contribution is 2.34. The number of aromatic nitrogens is 3. The zero-order chi connectivity index (χ0) is 15.1. The lowest BCUT2D eigenvalue weighted by Gasteiger charge is -2.26. The lowest BCUT2D eigenvalue weighted by Crippen LogP contribution is -2.35. The van der Waals surface area contributed by atoms with Crippen LogP contribution in [0.2, 0.25) is 0 Å². The molecule has 0 saturated heterocycles. The van der Waals surface area contributed by atoms with Gasteiger partial charge in [-0.05, 0) is 24.3 Å². The second-order valence-corrected chi connectivity index (χ2v) is 5.02. The largest absolute Gasteiger partial charge is 0.481 e. The number of likely N-dealkylation sites (N-methyl/N-ethyl adjacent to an activating group) is 1. The van der Waals surface area contributed by atoms with E-state index in [0.717, 1.165) is 22.4 Å². The van der Waals surface area contributed by atoms with Crippen molar-refractivity contribution in [1.29, 1.82) is 0 Å². The van der Waals surface area contributed by atoms with Gasteiger partial charge in [-0.25, -0.2) is 0 Å². The summed E-state index contributed by atoms with van der Waals surface area (Å²) in [7, 11) is 1.74. The van der Waals surface area contributed by atoms with E-state index in [1.165, 1.54) is 0 Å². The van der Waals surface area contributed by atoms with Crippen LogP contribution in [-0.4, -0.2) is 34.7 Å². The van der Waals surface area contributed by atoms with Crippen LogP contribution in [-0.2, 0) is 4.79 Å². The predicted molar refractivity (Wildman–Crippen MR) is 82.5 cm³/mol. The molecular weight excluding hydrogens is 282 g/mol. The number of aromatic amines is 1. The number of benzene rings is 1. The number of rotatable bonds is 2. The molecule has 1 aliphatic heterocycles. The Morgan fingerprint density at radius 2 is 2.27 bits per heavy atom. The Kier molecular flexibility index (Phi) is 2.72. The fourth-order valence-corrected chi connectivity index (χ4v) is 2.43. The van der Waals surface area contributed by atoms with Gasteiger partial charge in [-0.1, -0.05) is 0 Å². The van der Waals surface area contributed by atoms with Crippen molar-refractivity contribution >= 4 is 34.1 Å². The van der Waals surface area contributed by atoms with E-state index >= 15 is 0 Å². The van der Waals surface area contributed by atoms with Gasteiger partial charge in [0.1, 0.15) is 11.3 Å². The molecule has 2 aromatic heterocycles. The second kappa shape index (κ2) is 4.73. The summed E-state index contributed by atoms with van der Waals surface area (Å²) < 4.78 is 5.48. The van der Waals surface area contributed by atoms with Crippen LogP contribution in [0.15, 0.2) is 36.5 Å². The summed E-state index contributed by atoms with van der Waals surface area (Å²) in [6.45, 7) is 0.0554. The Balaban J connectivity index is 1.68. The predicted octanol–water partition coefficient (Wildman–Crippen LogP) is 2.06. The highest BCUT2D eigenvalue weighted by Gasteiger charge is 2.22. The van der Waals surface area contributed by atoms with E-state index in [1.807, 2.05) is 30.3 Å². The molecule has 7 heteroatoms. The molecule has 0 fully saturated rings. The van der Waals surface area contributed by atoms with Crippen molar-refractivity contribution in [3.05, 3.63) is 36.5 Å². The fourth-order valence-electron chi connectivity index (χ4n) is 2.43. The van der Waals surface area contributed by atoms with Crippen LogP contribution in [0.4, 0.5) is 17.2 Å². The number of carbonyl (C=O) groups is 1. The summed E-state index contributed by atoms with van der Waals surface area (Å²) in [5, 5.41) is 10.4. The lowest BCUT2D eigenvalue weighted by molar-refractivity contribution is -0.120. The molecule has 4 rings (SSSR count). The molecule has 0 bridgehead atoms. The third-order valence-electron chi connectivity index (χ3n) is 3.63. The van der Waals surface area contributed by atoms with E-state index in [4.69, 9.17) is 4.74 Å². The van der Waals surface area contributed by atoms with Gasteiger partial charge >= 0.3 is 0 Å². The van der Waals surface area contributed by atoms with E-state index in [1.54, 1.807) is 18.1 Å². The SMILES string of the molecule is CN1C(=O)COc2cc(Nc3n[nH]c4cccnc34)ccc21. The summed E-state index contributed by atoms with van der Waals surface area (Å²) in [6, 6.07) is 9.33. The van der Waals surface area contributed by atoms with E-state index in [0.29, 0.717) is 11.6 Å². The second-order valence-electron chi connectivity index (χ2n) is 5.02. The number of H-pyrrole nitrogens is 1. The number of hydrogen-bond acceptors (Lipinski definition) is 5. The topological polar surface area (TPSA) is 83.1 Å². The maximum absolute atomic E-state index is 11.6. The van der Waals surface area contributed by atoms with Gasteiger partial charge in [0, 0.05) is 25.0 Å². The average molecular weight is 295 g/mol. The summed E-state index contributed by atoms with van der Waals surface area (Å²) in [6.07, 6.45) is 1.72. The Labute approximate surface area is 125 Å². The van der Waals surface area contributed by atoms with Crippen LogP contribution in [0.3, 0.4) is 0 Å². The molecule has 0 spiro atoms. The molecule has 0 aliphatic carbocycles. The zero-order valence-electron chi connectivity index (χ0n) is 11.8. The molecule has 1 aliphatic rings. The van der Waals surface area contributed by atoms with Gasteiger partial charge in [-0.15, -0.1) is 0 Å². The Morgan fingerprint density at radius 1 is 1.36 bits per heavy atom. The van der Waals surface area contributed by atoms with Crippen molar-refractivity contribution in [1.82, 2.24) is 15.2 Å². The molecule has 0 unspecified atom stereocenters. The third kappa shape index (κ3) is 1.95. The first-order valence-corrected chi connectivity index (χ1v) is 6.82. The summed E-state index contributed by atoms with van der Waals surface area (Å²) >= 11 is 0. The van der Waals surface area contributed by atoms with Crippen molar-refractivity contribution in [2.75, 3.05) is 23.9 Å². The third-order valence-corrected chi connectivity index (χ3v) is 3.63. The van der Waals surface area contributed by atoms with E-state index in [9.17, 15) is 4.79 Å². The number of ether oxygens (including phenoxy) is 1. The molecule has 0 saturated carbocycles. The smallest absolute Gasteiger partial charge is 0.264 e. The summed E-state index contributed by atoms with van der Waals surface area (Å²) in [5.41, 5.74) is 3.21. The fraction of sp³-hybridized carbons (Fsp3) is 0.133. The van der Waals surface area contributed by atoms with Gasteiger partial charge in [0.15, 0.2) is 12.4 Å². The quantitative estimate of drug-likeness (QED) is 0.756. The van der Waals surface area contributed by atoms with E-state index in [-0.39, 0.29) is 12.5 Å². The molecule has 22 heavy (non-hydrogen) atoms. The van der Waals surface area contributed by atoms with Crippen LogP contribution >= 0.6 is 0 Å². The van der Waals surface area contributed by atoms with Gasteiger partial charge in [0.25, 0.3) is 5.91 Å². The Hall–Kier alpha value is -3.09. The van der Waals surface area contributed by atoms with E-state index < -0.39 is 0 Å². The minimum atomic E-state index is -0.0595. The van der Waals surface area contributed by atoms with Gasteiger partial charge in [-0.2, -0.15) is 5.10 Å². The highest BCUT2D eigenvalue weighted by molar-refractivity contribution is 5.98. The first-order chi connectivity index (χ1) is 10.7. The molecule has 0 radical (unpaired) electrons. The number of fused-ring (bicyclic) bond motifs is 2. The number of pyridine rings is 1. The molecule has 0 atom stereocenters. The standard InChI is InChI=1S/C15H13N5O2/c1-20-11-5-4-9(7-12(11)22-8-13(20)21)17-15-14-10(18-19-15)3-2-6-16-14/h2-7H,8H2,1H3,(H2,17,18,19). The molecular formula is C15H13N5O2. The van der Waals surface area contributed by atoms with Crippen LogP contribution in [0.25, 0.3) is 11.0 Å². The molecule has 1 amide bonds. The molecule has 3 aromatic rings. The number of nitrogens with one attached hydrogen (secondary N) is 2. The van der Waals surface area contributed by atoms with Gasteiger partial charge in [0.05, 0.1) is 11.2 Å².